The van der Waals surface area contributed by atoms with E-state index in [9.17, 15) is 0 Å². The van der Waals surface area contributed by atoms with Crippen molar-refractivity contribution < 1.29 is 0 Å². The number of allylic oxidation sites excluding steroid dienone is 2. The summed E-state index contributed by atoms with van der Waals surface area (Å²) in [6, 6.07) is 8.26. The summed E-state index contributed by atoms with van der Waals surface area (Å²) in [6.45, 7) is 2.11. The van der Waals surface area contributed by atoms with Crippen LogP contribution in [0.1, 0.15) is 30.9 Å². The second-order valence-electron chi connectivity index (χ2n) is 3.56. The molecule has 0 atom stereocenters. The zero-order chi connectivity index (χ0) is 9.97. The van der Waals surface area contributed by atoms with Crippen LogP contribution in [0, 0.1) is 11.8 Å². The molecule has 0 saturated heterocycles. The first-order valence-corrected chi connectivity index (χ1v) is 5.05. The summed E-state index contributed by atoms with van der Waals surface area (Å²) in [5, 5.41) is 7.93. The average Bonchev–Trinajstić information content (AvgIpc) is 2.61. The molecule has 0 aromatic heterocycles. The number of fused-ring (bicyclic) bond motifs is 1. The molecule has 73 valence electrons. The molecule has 0 unspecified atom stereocenters. The molecule has 0 saturated carbocycles. The van der Waals surface area contributed by atoms with Crippen LogP contribution in [-0.4, -0.2) is 24.6 Å². The van der Waals surface area contributed by atoms with Crippen LogP contribution in [0.5, 0.6) is 0 Å². The van der Waals surface area contributed by atoms with Crippen LogP contribution < -0.4 is 0 Å². The van der Waals surface area contributed by atoms with Gasteiger partial charge in [0.25, 0.3) is 0 Å². The minimum atomic E-state index is 0. The van der Waals surface area contributed by atoms with Crippen molar-refractivity contribution in [1.29, 1.82) is 5.41 Å². The van der Waals surface area contributed by atoms with E-state index in [0.29, 0.717) is 0 Å². The van der Waals surface area contributed by atoms with Crippen molar-refractivity contribution in [2.45, 2.75) is 19.8 Å². The van der Waals surface area contributed by atoms with Crippen LogP contribution in [0.15, 0.2) is 30.3 Å². The number of hydrogen-bond acceptors (Lipinski definition) is 1. The van der Waals surface area contributed by atoms with E-state index in [-0.39, 0.29) is 18.9 Å². The molecule has 0 heterocycles. The molecule has 0 bridgehead atoms. The Bertz CT molecular complexity index is 393. The van der Waals surface area contributed by atoms with Crippen LogP contribution in [0.25, 0.3) is 5.57 Å². The van der Waals surface area contributed by atoms with E-state index in [1.54, 1.807) is 0 Å². The van der Waals surface area contributed by atoms with Gasteiger partial charge in [0.1, 0.15) is 0 Å². The normalized spacial score (nSPS) is 12.7. The Kier molecular flexibility index (Phi) is 4.39. The first-order chi connectivity index (χ1) is 6.83. The van der Waals surface area contributed by atoms with E-state index < -0.39 is 0 Å². The molecule has 1 aliphatic carbocycles. The Labute approximate surface area is 103 Å². The molecule has 1 N–H and O–H groups in total. The number of nitrogens with one attached hydrogen (secondary N) is 1. The second kappa shape index (κ2) is 5.35. The van der Waals surface area contributed by atoms with Gasteiger partial charge in [-0.3, -0.25) is 0 Å². The van der Waals surface area contributed by atoms with Gasteiger partial charge in [0.2, 0.25) is 0 Å². The summed E-state index contributed by atoms with van der Waals surface area (Å²) < 4.78 is 0. The fraction of sp³-hybridized carbons (Fsp3) is 0.231. The summed E-state index contributed by atoms with van der Waals surface area (Å²) >= 11 is 0. The SMILES string of the molecule is CCCC(=N)C1=C[CH]c2ccccc21.[LiH]. The van der Waals surface area contributed by atoms with Crippen molar-refractivity contribution in [3.8, 4) is 0 Å². The van der Waals surface area contributed by atoms with Gasteiger partial charge in [-0.1, -0.05) is 43.7 Å². The third kappa shape index (κ3) is 2.42. The fourth-order valence-corrected chi connectivity index (χ4v) is 1.80. The van der Waals surface area contributed by atoms with Crippen LogP contribution in [0.4, 0.5) is 0 Å². The molecule has 0 spiro atoms. The molecule has 0 aliphatic heterocycles. The van der Waals surface area contributed by atoms with Crippen LogP contribution in [0.3, 0.4) is 0 Å². The Morgan fingerprint density at radius 2 is 2.00 bits per heavy atom. The summed E-state index contributed by atoms with van der Waals surface area (Å²) in [4.78, 5) is 0. The molecule has 1 aliphatic rings. The summed E-state index contributed by atoms with van der Waals surface area (Å²) in [5.41, 5.74) is 4.31. The maximum atomic E-state index is 7.93. The Balaban J connectivity index is 0.00000112. The van der Waals surface area contributed by atoms with E-state index in [2.05, 4.69) is 31.6 Å². The molecule has 2 rings (SSSR count). The third-order valence-electron chi connectivity index (χ3n) is 2.51. The fourth-order valence-electron chi connectivity index (χ4n) is 1.80. The van der Waals surface area contributed by atoms with Crippen LogP contribution in [0.2, 0.25) is 0 Å². The zero-order valence-corrected chi connectivity index (χ0v) is 8.38. The first kappa shape index (κ1) is 12.3. The van der Waals surface area contributed by atoms with Gasteiger partial charge < -0.3 is 5.41 Å². The van der Waals surface area contributed by atoms with Crippen LogP contribution >= 0.6 is 0 Å². The van der Waals surface area contributed by atoms with Gasteiger partial charge >= 0.3 is 18.9 Å². The zero-order valence-electron chi connectivity index (χ0n) is 8.38. The van der Waals surface area contributed by atoms with Gasteiger partial charge in [-0.2, -0.15) is 0 Å². The molecule has 1 nitrogen and oxygen atoms in total. The molecule has 15 heavy (non-hydrogen) atoms. The van der Waals surface area contributed by atoms with Gasteiger partial charge in [0.15, 0.2) is 0 Å². The molecule has 1 aromatic rings. The number of benzene rings is 1. The molecule has 0 amide bonds. The molecular formula is C13H15LiN. The molecule has 1 radical (unpaired) electrons. The number of rotatable bonds is 3. The van der Waals surface area contributed by atoms with Gasteiger partial charge in [0.05, 0.1) is 0 Å². The monoisotopic (exact) mass is 192 g/mol. The summed E-state index contributed by atoms with van der Waals surface area (Å²) in [7, 11) is 0. The Morgan fingerprint density at radius 3 is 2.73 bits per heavy atom. The first-order valence-electron chi connectivity index (χ1n) is 5.05. The quantitative estimate of drug-likeness (QED) is 0.562. The Morgan fingerprint density at radius 1 is 1.27 bits per heavy atom. The van der Waals surface area contributed by atoms with Gasteiger partial charge in [-0.25, -0.2) is 0 Å². The summed E-state index contributed by atoms with van der Waals surface area (Å²) in [5.74, 6) is 0. The third-order valence-corrected chi connectivity index (χ3v) is 2.51. The molecule has 0 fully saturated rings. The van der Waals surface area contributed by atoms with E-state index in [1.807, 2.05) is 12.1 Å². The minimum absolute atomic E-state index is 0. The topological polar surface area (TPSA) is 23.9 Å². The van der Waals surface area contributed by atoms with E-state index in [0.717, 1.165) is 24.1 Å². The van der Waals surface area contributed by atoms with E-state index in [1.165, 1.54) is 11.1 Å². The predicted molar refractivity (Wildman–Crippen MR) is 67.6 cm³/mol. The molecule has 2 heteroatoms. The average molecular weight is 192 g/mol. The van der Waals surface area contributed by atoms with Gasteiger partial charge in [-0.15, -0.1) is 0 Å². The summed E-state index contributed by atoms with van der Waals surface area (Å²) in [6.07, 6.45) is 6.06. The van der Waals surface area contributed by atoms with Crippen molar-refractivity contribution >= 4 is 30.1 Å². The van der Waals surface area contributed by atoms with E-state index >= 15 is 0 Å². The Hall–Kier alpha value is -0.773. The maximum absolute atomic E-state index is 7.93. The van der Waals surface area contributed by atoms with E-state index in [4.69, 9.17) is 5.41 Å². The molecular weight excluding hydrogens is 177 g/mol. The van der Waals surface area contributed by atoms with Crippen molar-refractivity contribution in [3.05, 3.63) is 47.9 Å². The van der Waals surface area contributed by atoms with Crippen molar-refractivity contribution in [2.24, 2.45) is 0 Å². The molecule has 1 aromatic carbocycles. The second-order valence-corrected chi connectivity index (χ2v) is 3.56. The predicted octanol–water partition coefficient (Wildman–Crippen LogP) is 2.81. The number of hydrogen-bond donors (Lipinski definition) is 1. The van der Waals surface area contributed by atoms with Gasteiger partial charge in [0, 0.05) is 12.1 Å². The van der Waals surface area contributed by atoms with Gasteiger partial charge in [-0.05, 0) is 23.1 Å². The standard InChI is InChI=1S/C13H14N.Li.H/c1-2-5-13(14)12-9-8-10-6-3-4-7-11(10)12;;/h3-4,6-9,14H,2,5H2,1H3;;. The van der Waals surface area contributed by atoms with Crippen molar-refractivity contribution in [3.63, 3.8) is 0 Å². The van der Waals surface area contributed by atoms with Crippen molar-refractivity contribution in [2.75, 3.05) is 0 Å². The van der Waals surface area contributed by atoms with Crippen LogP contribution in [-0.2, 0) is 0 Å². The van der Waals surface area contributed by atoms with Crippen molar-refractivity contribution in [1.82, 2.24) is 0 Å².